The zero-order valence-electron chi connectivity index (χ0n) is 9.83. The number of esters is 1. The lowest BCUT2D eigenvalue weighted by atomic mass is 10.2. The van der Waals surface area contributed by atoms with Crippen molar-refractivity contribution in [2.45, 2.75) is 18.3 Å². The summed E-state index contributed by atoms with van der Waals surface area (Å²) in [6, 6.07) is 0. The number of carbonyl (C=O) groups is 4. The summed E-state index contributed by atoms with van der Waals surface area (Å²) in [5.41, 5.74) is 0. The predicted octanol–water partition coefficient (Wildman–Crippen LogP) is -3.11. The Morgan fingerprint density at radius 3 is 1.80 bits per heavy atom. The van der Waals surface area contributed by atoms with Crippen LogP contribution in [-0.2, 0) is 28.7 Å². The SMILES string of the molecule is O=C(O)C(=O)OC(C(=O)O)C(OCC(O)CO)C(=O)O. The molecule has 0 aromatic rings. The van der Waals surface area contributed by atoms with Crippen molar-refractivity contribution in [1.82, 2.24) is 0 Å². The van der Waals surface area contributed by atoms with Gasteiger partial charge >= 0.3 is 23.9 Å². The number of carboxylic acids is 3. The van der Waals surface area contributed by atoms with E-state index in [9.17, 15) is 19.2 Å². The van der Waals surface area contributed by atoms with E-state index in [-0.39, 0.29) is 0 Å². The number of carboxylic acid groups (broad SMARTS) is 3. The highest BCUT2D eigenvalue weighted by atomic mass is 16.6. The highest BCUT2D eigenvalue weighted by molar-refractivity contribution is 6.29. The van der Waals surface area contributed by atoms with Crippen molar-refractivity contribution < 1.29 is 54.2 Å². The normalized spacial score (nSPS) is 14.9. The summed E-state index contributed by atoms with van der Waals surface area (Å²) >= 11 is 0. The molecule has 0 aliphatic carbocycles. The van der Waals surface area contributed by atoms with Crippen LogP contribution in [0.1, 0.15) is 0 Å². The highest BCUT2D eigenvalue weighted by Crippen LogP contribution is 2.07. The van der Waals surface area contributed by atoms with Gasteiger partial charge in [-0.15, -0.1) is 0 Å². The van der Waals surface area contributed by atoms with Gasteiger partial charge in [-0.1, -0.05) is 0 Å². The van der Waals surface area contributed by atoms with Crippen LogP contribution in [0.2, 0.25) is 0 Å². The molecule has 0 aliphatic heterocycles. The van der Waals surface area contributed by atoms with E-state index in [0.29, 0.717) is 0 Å². The van der Waals surface area contributed by atoms with Gasteiger partial charge in [0.1, 0.15) is 6.10 Å². The number of carbonyl (C=O) groups excluding carboxylic acids is 1. The van der Waals surface area contributed by atoms with E-state index >= 15 is 0 Å². The van der Waals surface area contributed by atoms with Gasteiger partial charge in [-0.3, -0.25) is 0 Å². The first-order valence-electron chi connectivity index (χ1n) is 5.00. The standard InChI is InChI=1S/C9H12O11/c10-1-3(11)2-19-4(6(12)13)5(7(14)15)20-9(18)8(16)17/h3-5,10-11H,1-2H2,(H,12,13)(H,14,15)(H,16,17). The fourth-order valence-electron chi connectivity index (χ4n) is 0.963. The molecule has 0 fully saturated rings. The maximum absolute atomic E-state index is 10.8. The van der Waals surface area contributed by atoms with Crippen molar-refractivity contribution in [1.29, 1.82) is 0 Å². The lowest BCUT2D eigenvalue weighted by Gasteiger charge is -2.21. The van der Waals surface area contributed by atoms with Gasteiger partial charge in [-0.2, -0.15) is 0 Å². The Morgan fingerprint density at radius 1 is 0.950 bits per heavy atom. The number of aliphatic carboxylic acids is 3. The molecule has 3 unspecified atom stereocenters. The Hall–Kier alpha value is -2.24. The average Bonchev–Trinajstić information content (AvgIpc) is 2.35. The van der Waals surface area contributed by atoms with Crippen LogP contribution in [0.5, 0.6) is 0 Å². The second-order valence-corrected chi connectivity index (χ2v) is 3.40. The molecular weight excluding hydrogens is 284 g/mol. The van der Waals surface area contributed by atoms with Gasteiger partial charge in [-0.25, -0.2) is 19.2 Å². The van der Waals surface area contributed by atoms with Crippen molar-refractivity contribution in [3.8, 4) is 0 Å². The zero-order valence-corrected chi connectivity index (χ0v) is 9.83. The summed E-state index contributed by atoms with van der Waals surface area (Å²) in [6.45, 7) is -1.54. The van der Waals surface area contributed by atoms with E-state index in [1.54, 1.807) is 0 Å². The molecular formula is C9H12O11. The molecule has 0 aliphatic rings. The fraction of sp³-hybridized carbons (Fsp3) is 0.556. The Kier molecular flexibility index (Phi) is 7.14. The van der Waals surface area contributed by atoms with E-state index < -0.39 is 55.4 Å². The number of aliphatic hydroxyl groups excluding tert-OH is 2. The van der Waals surface area contributed by atoms with Crippen LogP contribution in [0, 0.1) is 0 Å². The maximum atomic E-state index is 10.8. The maximum Gasteiger partial charge on any atom is 0.418 e. The molecule has 0 bridgehead atoms. The number of rotatable bonds is 8. The Balaban J connectivity index is 4.96. The molecule has 0 radical (unpaired) electrons. The molecule has 114 valence electrons. The zero-order chi connectivity index (χ0) is 15.9. The third-order valence-electron chi connectivity index (χ3n) is 1.85. The predicted molar refractivity (Wildman–Crippen MR) is 55.6 cm³/mol. The minimum Gasteiger partial charge on any atom is -0.479 e. The van der Waals surface area contributed by atoms with Crippen molar-refractivity contribution >= 4 is 23.9 Å². The van der Waals surface area contributed by atoms with E-state index in [1.807, 2.05) is 0 Å². The number of aliphatic hydroxyl groups is 2. The van der Waals surface area contributed by atoms with Gasteiger partial charge in [0.2, 0.25) is 12.2 Å². The highest BCUT2D eigenvalue weighted by Gasteiger charge is 2.39. The average molecular weight is 296 g/mol. The molecule has 0 saturated carbocycles. The van der Waals surface area contributed by atoms with E-state index in [1.165, 1.54) is 0 Å². The third-order valence-corrected chi connectivity index (χ3v) is 1.85. The summed E-state index contributed by atoms with van der Waals surface area (Å²) < 4.78 is 8.47. The molecule has 20 heavy (non-hydrogen) atoms. The Morgan fingerprint density at radius 2 is 1.45 bits per heavy atom. The van der Waals surface area contributed by atoms with Crippen molar-refractivity contribution in [2.24, 2.45) is 0 Å². The molecule has 5 N–H and O–H groups in total. The summed E-state index contributed by atoms with van der Waals surface area (Å²) in [5, 5.41) is 43.2. The fourth-order valence-corrected chi connectivity index (χ4v) is 0.963. The van der Waals surface area contributed by atoms with Crippen LogP contribution in [0.15, 0.2) is 0 Å². The topological polar surface area (TPSA) is 188 Å². The van der Waals surface area contributed by atoms with Crippen LogP contribution in [0.3, 0.4) is 0 Å². The number of hydrogen-bond acceptors (Lipinski definition) is 8. The van der Waals surface area contributed by atoms with Gasteiger partial charge in [0.25, 0.3) is 0 Å². The van der Waals surface area contributed by atoms with E-state index in [2.05, 4.69) is 9.47 Å². The van der Waals surface area contributed by atoms with Crippen LogP contribution in [-0.4, -0.2) is 80.9 Å². The molecule has 0 aromatic carbocycles. The van der Waals surface area contributed by atoms with Crippen LogP contribution >= 0.6 is 0 Å². The molecule has 0 rings (SSSR count). The van der Waals surface area contributed by atoms with Gasteiger partial charge in [0.15, 0.2) is 0 Å². The van der Waals surface area contributed by atoms with Crippen molar-refractivity contribution in [3.63, 3.8) is 0 Å². The summed E-state index contributed by atoms with van der Waals surface area (Å²) in [7, 11) is 0. The summed E-state index contributed by atoms with van der Waals surface area (Å²) in [4.78, 5) is 42.6. The van der Waals surface area contributed by atoms with Crippen molar-refractivity contribution in [2.75, 3.05) is 13.2 Å². The molecule has 0 saturated heterocycles. The van der Waals surface area contributed by atoms with Crippen LogP contribution < -0.4 is 0 Å². The minimum absolute atomic E-state index is 0.762. The van der Waals surface area contributed by atoms with E-state index in [0.717, 1.165) is 0 Å². The van der Waals surface area contributed by atoms with Gasteiger partial charge in [0, 0.05) is 0 Å². The van der Waals surface area contributed by atoms with Crippen LogP contribution in [0.4, 0.5) is 0 Å². The van der Waals surface area contributed by atoms with Gasteiger partial charge in [0.05, 0.1) is 13.2 Å². The molecule has 0 amide bonds. The third kappa shape index (κ3) is 5.60. The second-order valence-electron chi connectivity index (χ2n) is 3.40. The first-order chi connectivity index (χ1) is 9.20. The molecule has 11 nitrogen and oxygen atoms in total. The molecule has 0 spiro atoms. The van der Waals surface area contributed by atoms with Crippen LogP contribution in [0.25, 0.3) is 0 Å². The molecule has 11 heteroatoms. The number of ether oxygens (including phenoxy) is 2. The van der Waals surface area contributed by atoms with Gasteiger partial charge in [-0.05, 0) is 0 Å². The first kappa shape index (κ1) is 17.8. The Bertz CT molecular complexity index is 389. The second kappa shape index (κ2) is 8.04. The quantitative estimate of drug-likeness (QED) is 0.225. The molecule has 0 heterocycles. The largest absolute Gasteiger partial charge is 0.479 e. The molecule has 0 aromatic heterocycles. The van der Waals surface area contributed by atoms with E-state index in [4.69, 9.17) is 25.5 Å². The number of hydrogen-bond donors (Lipinski definition) is 5. The summed E-state index contributed by atoms with van der Waals surface area (Å²) in [6.07, 6.45) is -6.17. The lowest BCUT2D eigenvalue weighted by Crippen LogP contribution is -2.46. The Labute approximate surface area is 111 Å². The van der Waals surface area contributed by atoms with Crippen molar-refractivity contribution in [3.05, 3.63) is 0 Å². The monoisotopic (exact) mass is 296 g/mol. The first-order valence-corrected chi connectivity index (χ1v) is 5.00. The smallest absolute Gasteiger partial charge is 0.418 e. The lowest BCUT2D eigenvalue weighted by molar-refractivity contribution is -0.189. The van der Waals surface area contributed by atoms with Gasteiger partial charge < -0.3 is 35.0 Å². The minimum atomic E-state index is -2.43. The molecule has 3 atom stereocenters. The summed E-state index contributed by atoms with van der Waals surface area (Å²) in [5.74, 6) is -7.91.